The lowest BCUT2D eigenvalue weighted by molar-refractivity contribution is -0.153. The Bertz CT molecular complexity index is 1350. The van der Waals surface area contributed by atoms with E-state index in [-0.39, 0.29) is 29.7 Å². The number of aromatic hydroxyl groups is 1. The number of likely N-dealkylation sites (N-methyl/N-ethyl adjacent to an activating group) is 1. The molecule has 5 rings (SSSR count). The molecule has 10 heteroatoms. The minimum Gasteiger partial charge on any atom is -0.508 e. The molecule has 0 spiro atoms. The maximum Gasteiger partial charge on any atom is 0.255 e. The number of hydrogen-bond acceptors (Lipinski definition) is 9. The molecule has 0 radical (unpaired) electrons. The van der Waals surface area contributed by atoms with E-state index in [0.717, 1.165) is 0 Å². The normalized spacial score (nSPS) is 28.2. The number of carbonyl (C=O) groups is 3. The second-order valence-corrected chi connectivity index (χ2v) is 9.46. The number of carbonyl (C=O) groups excluding carboxylic acids is 3. The van der Waals surface area contributed by atoms with Crippen molar-refractivity contribution < 1.29 is 39.2 Å². The molecule has 0 bridgehead atoms. The van der Waals surface area contributed by atoms with Crippen LogP contribution < -0.4 is 5.73 Å². The SMILES string of the molecule is CN(C)[C@H]1C(=O)C(C(N)=O)=C(O)[C@]2(O)C(=O)C3=C(O)c4c(O)ccc(-c5ccoc5)c4C[C@@H]3C[C@H]12. The van der Waals surface area contributed by atoms with Crippen LogP contribution in [0.1, 0.15) is 17.5 Å². The summed E-state index contributed by atoms with van der Waals surface area (Å²) >= 11 is 0. The zero-order chi connectivity index (χ0) is 25.4. The Balaban J connectivity index is 1.75. The standard InChI is InChI=1S/C25H24N2O8/c1-27(2)19-14-8-11-7-13-12(10-5-6-35-9-10)3-4-15(28)17(13)20(29)16(11)22(31)25(14,34)23(32)18(21(19)30)24(26)33/h3-6,9,11,14,19,28-29,32,34H,7-8H2,1-2H3,(H2,26,33)/t11-,14-,19-,25-/m1/s1. The van der Waals surface area contributed by atoms with Crippen LogP contribution in [0.15, 0.2) is 52.0 Å². The van der Waals surface area contributed by atoms with E-state index in [2.05, 4.69) is 0 Å². The monoisotopic (exact) mass is 480 g/mol. The largest absolute Gasteiger partial charge is 0.508 e. The Hall–Kier alpha value is -3.89. The summed E-state index contributed by atoms with van der Waals surface area (Å²) in [5, 5.41) is 44.2. The van der Waals surface area contributed by atoms with Gasteiger partial charge in [-0.15, -0.1) is 0 Å². The Labute approximate surface area is 199 Å². The molecule has 1 heterocycles. The van der Waals surface area contributed by atoms with Crippen molar-refractivity contribution in [2.75, 3.05) is 14.1 Å². The minimum atomic E-state index is -2.65. The molecule has 1 fully saturated rings. The summed E-state index contributed by atoms with van der Waals surface area (Å²) in [6, 6.07) is 3.67. The summed E-state index contributed by atoms with van der Waals surface area (Å²) in [5.74, 6) is -6.73. The summed E-state index contributed by atoms with van der Waals surface area (Å²) in [6.45, 7) is 0. The highest BCUT2D eigenvalue weighted by Crippen LogP contribution is 2.53. The number of phenolic OH excluding ortho intramolecular Hbond substituents is 1. The number of nitrogens with zero attached hydrogens (tertiary/aromatic N) is 1. The minimum absolute atomic E-state index is 0.0340. The van der Waals surface area contributed by atoms with E-state index in [1.807, 2.05) is 0 Å². The first-order valence-corrected chi connectivity index (χ1v) is 11.0. The highest BCUT2D eigenvalue weighted by Gasteiger charge is 2.64. The van der Waals surface area contributed by atoms with Crippen molar-refractivity contribution in [1.82, 2.24) is 4.90 Å². The molecule has 3 aliphatic carbocycles. The molecule has 1 aromatic carbocycles. The molecule has 1 aromatic heterocycles. The number of fused-ring (bicyclic) bond motifs is 3. The Morgan fingerprint density at radius 3 is 2.49 bits per heavy atom. The molecule has 0 aliphatic heterocycles. The first-order valence-electron chi connectivity index (χ1n) is 11.0. The molecule has 3 aliphatic rings. The fourth-order valence-electron chi connectivity index (χ4n) is 5.93. The predicted octanol–water partition coefficient (Wildman–Crippen LogP) is 1.22. The van der Waals surface area contributed by atoms with Crippen molar-refractivity contribution in [3.05, 3.63) is 58.8 Å². The molecule has 6 N–H and O–H groups in total. The zero-order valence-electron chi connectivity index (χ0n) is 19.0. The van der Waals surface area contributed by atoms with Gasteiger partial charge in [0, 0.05) is 17.1 Å². The van der Waals surface area contributed by atoms with Gasteiger partial charge in [-0.1, -0.05) is 6.07 Å². The van der Waals surface area contributed by atoms with Crippen molar-refractivity contribution in [3.63, 3.8) is 0 Å². The van der Waals surface area contributed by atoms with E-state index in [4.69, 9.17) is 10.2 Å². The number of amides is 1. The number of rotatable bonds is 3. The molecular weight excluding hydrogens is 456 g/mol. The average molecular weight is 480 g/mol. The van der Waals surface area contributed by atoms with E-state index in [9.17, 15) is 34.8 Å². The predicted molar refractivity (Wildman–Crippen MR) is 122 cm³/mol. The van der Waals surface area contributed by atoms with E-state index in [1.54, 1.807) is 26.2 Å². The maximum absolute atomic E-state index is 13.8. The fraction of sp³-hybridized carbons (Fsp3) is 0.320. The number of furan rings is 1. The number of phenols is 1. The van der Waals surface area contributed by atoms with Crippen molar-refractivity contribution in [3.8, 4) is 16.9 Å². The highest BCUT2D eigenvalue weighted by atomic mass is 16.3. The summed E-state index contributed by atoms with van der Waals surface area (Å²) in [5.41, 5.74) is 3.67. The lowest BCUT2D eigenvalue weighted by atomic mass is 9.57. The molecule has 35 heavy (non-hydrogen) atoms. The summed E-state index contributed by atoms with van der Waals surface area (Å²) in [6.07, 6.45) is 3.25. The van der Waals surface area contributed by atoms with Crippen LogP contribution in [0.3, 0.4) is 0 Å². The molecule has 1 saturated carbocycles. The van der Waals surface area contributed by atoms with Gasteiger partial charge >= 0.3 is 0 Å². The molecule has 10 nitrogen and oxygen atoms in total. The van der Waals surface area contributed by atoms with Crippen LogP contribution in [0, 0.1) is 11.8 Å². The number of primary amides is 1. The van der Waals surface area contributed by atoms with Crippen molar-refractivity contribution in [2.24, 2.45) is 17.6 Å². The van der Waals surface area contributed by atoms with Gasteiger partial charge < -0.3 is 30.6 Å². The van der Waals surface area contributed by atoms with Gasteiger partial charge in [0.25, 0.3) is 5.91 Å². The molecular formula is C25H24N2O8. The topological polar surface area (TPSA) is 175 Å². The van der Waals surface area contributed by atoms with Crippen LogP contribution in [0.2, 0.25) is 0 Å². The van der Waals surface area contributed by atoms with Crippen molar-refractivity contribution in [2.45, 2.75) is 24.5 Å². The van der Waals surface area contributed by atoms with Crippen LogP contribution in [-0.2, 0) is 20.8 Å². The Morgan fingerprint density at radius 2 is 1.89 bits per heavy atom. The highest BCUT2D eigenvalue weighted by molar-refractivity contribution is 6.24. The third kappa shape index (κ3) is 2.93. The van der Waals surface area contributed by atoms with Gasteiger partial charge in [-0.25, -0.2) is 0 Å². The number of nitrogens with two attached hydrogens (primary N) is 1. The molecule has 0 unspecified atom stereocenters. The van der Waals surface area contributed by atoms with Crippen LogP contribution in [0.5, 0.6) is 5.75 Å². The van der Waals surface area contributed by atoms with Crippen LogP contribution in [0.25, 0.3) is 16.9 Å². The molecule has 1 amide bonds. The molecule has 182 valence electrons. The van der Waals surface area contributed by atoms with Gasteiger partial charge in [-0.2, -0.15) is 0 Å². The number of Topliss-reactive ketones (excluding diaryl/α,β-unsaturated/α-hetero) is 2. The van der Waals surface area contributed by atoms with Crippen LogP contribution in [-0.4, -0.2) is 68.5 Å². The summed E-state index contributed by atoms with van der Waals surface area (Å²) < 4.78 is 5.18. The van der Waals surface area contributed by atoms with Gasteiger partial charge in [0.1, 0.15) is 22.8 Å². The Kier molecular flexibility index (Phi) is 4.94. The second-order valence-electron chi connectivity index (χ2n) is 9.46. The third-order valence-corrected chi connectivity index (χ3v) is 7.44. The van der Waals surface area contributed by atoms with Gasteiger partial charge in [-0.3, -0.25) is 19.3 Å². The lowest BCUT2D eigenvalue weighted by Gasteiger charge is -2.50. The number of benzene rings is 1. The first kappa shape index (κ1) is 22.9. The third-order valence-electron chi connectivity index (χ3n) is 7.44. The zero-order valence-corrected chi connectivity index (χ0v) is 19.0. The van der Waals surface area contributed by atoms with E-state index >= 15 is 0 Å². The van der Waals surface area contributed by atoms with E-state index < -0.39 is 58.0 Å². The van der Waals surface area contributed by atoms with E-state index in [1.165, 1.54) is 23.5 Å². The molecule has 0 saturated heterocycles. The lowest BCUT2D eigenvalue weighted by Crippen LogP contribution is -2.65. The van der Waals surface area contributed by atoms with Gasteiger partial charge in [0.15, 0.2) is 11.4 Å². The van der Waals surface area contributed by atoms with Crippen LogP contribution >= 0.6 is 0 Å². The average Bonchev–Trinajstić information content (AvgIpc) is 3.30. The number of aliphatic hydroxyl groups excluding tert-OH is 2. The summed E-state index contributed by atoms with van der Waals surface area (Å²) in [4.78, 5) is 40.4. The number of aliphatic hydroxyl groups is 3. The number of hydrogen-bond donors (Lipinski definition) is 5. The summed E-state index contributed by atoms with van der Waals surface area (Å²) in [7, 11) is 3.12. The first-order chi connectivity index (χ1) is 16.5. The Morgan fingerprint density at radius 1 is 1.17 bits per heavy atom. The quantitative estimate of drug-likeness (QED) is 0.405. The van der Waals surface area contributed by atoms with Crippen molar-refractivity contribution in [1.29, 1.82) is 0 Å². The fourth-order valence-corrected chi connectivity index (χ4v) is 5.93. The van der Waals surface area contributed by atoms with Crippen molar-refractivity contribution >= 4 is 23.2 Å². The van der Waals surface area contributed by atoms with Gasteiger partial charge in [0.2, 0.25) is 5.78 Å². The second kappa shape index (κ2) is 7.56. The maximum atomic E-state index is 13.8. The van der Waals surface area contributed by atoms with E-state index in [0.29, 0.717) is 16.7 Å². The molecule has 4 atom stereocenters. The van der Waals surface area contributed by atoms with Gasteiger partial charge in [0.05, 0.1) is 24.1 Å². The number of ketones is 2. The molecule has 2 aromatic rings. The smallest absolute Gasteiger partial charge is 0.255 e. The van der Waals surface area contributed by atoms with Gasteiger partial charge in [-0.05, 0) is 56.1 Å². The van der Waals surface area contributed by atoms with Crippen LogP contribution in [0.4, 0.5) is 0 Å².